The maximum atomic E-state index is 11.3. The standard InChI is InChI=1S/C17H16N4O2S/c22-21(23)14-7-3-9-18-16(14)20-10-4-5-12(11-20)17-19-13-6-1-2-8-15(13)24-17/h1-3,6-9,12H,4-5,10-11H2/p+1/t12-/m0/s1. The molecule has 0 bridgehead atoms. The van der Waals surface area contributed by atoms with Gasteiger partial charge in [0, 0.05) is 12.0 Å². The van der Waals surface area contributed by atoms with Crippen LogP contribution in [0.15, 0.2) is 42.6 Å². The summed E-state index contributed by atoms with van der Waals surface area (Å²) in [6, 6.07) is 11.4. The van der Waals surface area contributed by atoms with Crippen molar-refractivity contribution in [3.8, 4) is 0 Å². The van der Waals surface area contributed by atoms with Crippen molar-refractivity contribution in [2.24, 2.45) is 0 Å². The summed E-state index contributed by atoms with van der Waals surface area (Å²) in [5.41, 5.74) is 1.16. The number of hydrogen-bond donors (Lipinski definition) is 0. The van der Waals surface area contributed by atoms with E-state index in [1.165, 1.54) is 4.70 Å². The summed E-state index contributed by atoms with van der Waals surface area (Å²) in [5.74, 6) is 0.901. The minimum Gasteiger partial charge on any atom is -0.258 e. The first-order valence-corrected chi connectivity index (χ1v) is 8.79. The maximum Gasteiger partial charge on any atom is 0.357 e. The molecule has 0 amide bonds. The quantitative estimate of drug-likeness (QED) is 0.540. The zero-order chi connectivity index (χ0) is 16.5. The molecule has 7 heteroatoms. The van der Waals surface area contributed by atoms with Gasteiger partial charge in [-0.1, -0.05) is 12.1 Å². The monoisotopic (exact) mass is 341 g/mol. The molecule has 1 aliphatic rings. The number of pyridine rings is 1. The molecule has 0 radical (unpaired) electrons. The number of anilines is 1. The van der Waals surface area contributed by atoms with E-state index < -0.39 is 0 Å². The lowest BCUT2D eigenvalue weighted by Crippen LogP contribution is -2.38. The number of H-pyrrole nitrogens is 1. The number of hydrogen-bond acceptors (Lipinski definition) is 5. The predicted molar refractivity (Wildman–Crippen MR) is 93.5 cm³/mol. The highest BCUT2D eigenvalue weighted by atomic mass is 32.1. The fourth-order valence-corrected chi connectivity index (χ4v) is 4.36. The van der Waals surface area contributed by atoms with E-state index in [2.05, 4.69) is 16.0 Å². The second-order valence-corrected chi connectivity index (χ2v) is 7.03. The Bertz CT molecular complexity index is 862. The van der Waals surface area contributed by atoms with E-state index >= 15 is 0 Å². The third kappa shape index (κ3) is 2.71. The van der Waals surface area contributed by atoms with Crippen molar-refractivity contribution in [1.82, 2.24) is 4.98 Å². The van der Waals surface area contributed by atoms with Gasteiger partial charge >= 0.3 is 11.5 Å². The van der Waals surface area contributed by atoms with Gasteiger partial charge in [0.1, 0.15) is 5.01 Å². The Hall–Kier alpha value is -2.54. The van der Waals surface area contributed by atoms with Crippen LogP contribution in [0, 0.1) is 10.1 Å². The Morgan fingerprint density at radius 1 is 1.29 bits per heavy atom. The zero-order valence-corrected chi connectivity index (χ0v) is 13.8. The Labute approximate surface area is 142 Å². The van der Waals surface area contributed by atoms with E-state index in [1.54, 1.807) is 29.7 Å². The third-order valence-electron chi connectivity index (χ3n) is 4.41. The van der Waals surface area contributed by atoms with Crippen LogP contribution in [0.2, 0.25) is 0 Å². The molecule has 0 spiro atoms. The first kappa shape index (κ1) is 15.0. The van der Waals surface area contributed by atoms with Crippen LogP contribution in [0.5, 0.6) is 0 Å². The van der Waals surface area contributed by atoms with Crippen molar-refractivity contribution >= 4 is 33.1 Å². The van der Waals surface area contributed by atoms with E-state index in [0.29, 0.717) is 11.7 Å². The predicted octanol–water partition coefficient (Wildman–Crippen LogP) is 3.40. The number of aromatic amines is 1. The van der Waals surface area contributed by atoms with Gasteiger partial charge in [-0.25, -0.2) is 9.97 Å². The maximum absolute atomic E-state index is 11.3. The van der Waals surface area contributed by atoms with Crippen LogP contribution in [0.3, 0.4) is 0 Å². The number of nitrogens with zero attached hydrogens (tertiary/aromatic N) is 3. The van der Waals surface area contributed by atoms with Crippen molar-refractivity contribution in [3.63, 3.8) is 0 Å². The fourth-order valence-electron chi connectivity index (χ4n) is 3.27. The average Bonchev–Trinajstić information content (AvgIpc) is 3.06. The average molecular weight is 341 g/mol. The van der Waals surface area contributed by atoms with E-state index in [0.717, 1.165) is 36.5 Å². The van der Waals surface area contributed by atoms with Crippen LogP contribution in [0.4, 0.5) is 11.5 Å². The van der Waals surface area contributed by atoms with Crippen LogP contribution in [-0.2, 0) is 0 Å². The van der Waals surface area contributed by atoms with Crippen molar-refractivity contribution in [2.75, 3.05) is 18.0 Å². The van der Waals surface area contributed by atoms with Gasteiger partial charge in [0.05, 0.1) is 34.4 Å². The molecule has 1 fully saturated rings. The molecule has 0 aliphatic carbocycles. The Morgan fingerprint density at radius 2 is 2.17 bits per heavy atom. The number of fused-ring (bicyclic) bond motifs is 1. The number of para-hydroxylation sites is 1. The molecule has 2 aromatic heterocycles. The minimum atomic E-state index is -0.326. The summed E-state index contributed by atoms with van der Waals surface area (Å²) in [7, 11) is 0. The summed E-state index contributed by atoms with van der Waals surface area (Å²) >= 11 is 1.73. The lowest BCUT2D eigenvalue weighted by Gasteiger charge is -2.26. The van der Waals surface area contributed by atoms with Gasteiger partial charge in [0.2, 0.25) is 0 Å². The largest absolute Gasteiger partial charge is 0.357 e. The van der Waals surface area contributed by atoms with Crippen LogP contribution in [0.25, 0.3) is 10.2 Å². The second-order valence-electron chi connectivity index (χ2n) is 5.97. The van der Waals surface area contributed by atoms with Gasteiger partial charge in [0.25, 0.3) is 0 Å². The lowest BCUT2D eigenvalue weighted by molar-refractivity contribution is -0.411. The molecule has 3 aromatic rings. The number of thiazole rings is 1. The number of nitro groups is 1. The summed E-state index contributed by atoms with van der Waals surface area (Å²) in [5, 5.41) is 12.4. The smallest absolute Gasteiger partial charge is 0.258 e. The van der Waals surface area contributed by atoms with Crippen LogP contribution >= 0.6 is 11.3 Å². The summed E-state index contributed by atoms with van der Waals surface area (Å²) < 4.78 is 1.20. The van der Waals surface area contributed by atoms with Crippen molar-refractivity contribution in [3.05, 3.63) is 57.7 Å². The molecule has 4 rings (SSSR count). The summed E-state index contributed by atoms with van der Waals surface area (Å²) in [6.07, 6.45) is 3.81. The van der Waals surface area contributed by atoms with Gasteiger partial charge in [-0.2, -0.15) is 0 Å². The molecule has 1 N–H and O–H groups in total. The van der Waals surface area contributed by atoms with Gasteiger partial charge < -0.3 is 0 Å². The fraction of sp³-hybridized carbons (Fsp3) is 0.294. The summed E-state index contributed by atoms with van der Waals surface area (Å²) in [4.78, 5) is 20.9. The number of nitrogens with one attached hydrogen (secondary N) is 1. The van der Waals surface area contributed by atoms with Crippen molar-refractivity contribution in [2.45, 2.75) is 18.8 Å². The molecule has 1 aliphatic heterocycles. The molecule has 1 atom stereocenters. The first-order chi connectivity index (χ1) is 11.7. The molecule has 24 heavy (non-hydrogen) atoms. The molecular formula is C17H17N4O2S+. The van der Waals surface area contributed by atoms with Crippen molar-refractivity contribution in [1.29, 1.82) is 0 Å². The van der Waals surface area contributed by atoms with Gasteiger partial charge in [-0.15, -0.1) is 11.3 Å². The topological polar surface area (TPSA) is 73.4 Å². The highest BCUT2D eigenvalue weighted by Crippen LogP contribution is 2.35. The molecule has 1 aromatic carbocycles. The highest BCUT2D eigenvalue weighted by Gasteiger charge is 2.34. The van der Waals surface area contributed by atoms with Gasteiger partial charge in [0.15, 0.2) is 0 Å². The number of piperidine rings is 1. The number of aromatic nitrogens is 2. The molecular weight excluding hydrogens is 324 g/mol. The van der Waals surface area contributed by atoms with E-state index in [-0.39, 0.29) is 10.6 Å². The Morgan fingerprint density at radius 3 is 3.00 bits per heavy atom. The SMILES string of the molecule is O=[N+]([O-])c1ccc[nH+]c1N1CCC[C@H](c2nc3ccccc3s2)C1. The normalized spacial score (nSPS) is 18.0. The van der Waals surface area contributed by atoms with Gasteiger partial charge in [-0.3, -0.25) is 15.0 Å². The minimum absolute atomic E-state index is 0.127. The van der Waals surface area contributed by atoms with Crippen LogP contribution in [-0.4, -0.2) is 23.0 Å². The molecule has 122 valence electrons. The molecule has 6 nitrogen and oxygen atoms in total. The van der Waals surface area contributed by atoms with E-state index in [1.807, 2.05) is 18.2 Å². The van der Waals surface area contributed by atoms with Gasteiger partial charge in [-0.05, 0) is 31.0 Å². The molecule has 0 saturated carbocycles. The van der Waals surface area contributed by atoms with E-state index in [4.69, 9.17) is 4.98 Å². The van der Waals surface area contributed by atoms with Crippen LogP contribution in [0.1, 0.15) is 23.8 Å². The van der Waals surface area contributed by atoms with Crippen LogP contribution < -0.4 is 9.88 Å². The number of benzene rings is 1. The Kier molecular flexibility index (Phi) is 3.86. The molecule has 1 saturated heterocycles. The number of rotatable bonds is 3. The summed E-state index contributed by atoms with van der Waals surface area (Å²) in [6.45, 7) is 1.57. The molecule has 0 unspecified atom stereocenters. The Balaban J connectivity index is 1.63. The lowest BCUT2D eigenvalue weighted by atomic mass is 9.98. The first-order valence-electron chi connectivity index (χ1n) is 7.98. The zero-order valence-electron chi connectivity index (χ0n) is 13.0. The third-order valence-corrected chi connectivity index (χ3v) is 5.61. The van der Waals surface area contributed by atoms with E-state index in [9.17, 15) is 10.1 Å². The highest BCUT2D eigenvalue weighted by molar-refractivity contribution is 7.18. The molecule has 3 heterocycles. The van der Waals surface area contributed by atoms with Crippen molar-refractivity contribution < 1.29 is 9.91 Å². The second kappa shape index (κ2) is 6.16.